The Morgan fingerprint density at radius 1 is 1.00 bits per heavy atom. The molecule has 0 bridgehead atoms. The average Bonchev–Trinajstić information content (AvgIpc) is 3.15. The number of nitrogens with zero attached hydrogens (tertiary/aromatic N) is 2. The van der Waals surface area contributed by atoms with Gasteiger partial charge in [-0.15, -0.1) is 0 Å². The first-order valence-electron chi connectivity index (χ1n) is 13.0. The molecule has 2 heterocycles. The summed E-state index contributed by atoms with van der Waals surface area (Å²) in [5.74, 6) is 0.309. The summed E-state index contributed by atoms with van der Waals surface area (Å²) >= 11 is 0. The molecular weight excluding hydrogens is 475 g/mol. The van der Waals surface area contributed by atoms with E-state index in [-0.39, 0.29) is 28.2 Å². The summed E-state index contributed by atoms with van der Waals surface area (Å²) in [6.45, 7) is 6.25. The molecule has 0 aliphatic carbocycles. The Morgan fingerprint density at radius 2 is 1.81 bits per heavy atom. The highest BCUT2D eigenvalue weighted by Gasteiger charge is 2.42. The molecule has 8 heteroatoms. The van der Waals surface area contributed by atoms with E-state index in [1.807, 2.05) is 44.1 Å². The number of rotatable bonds is 12. The number of carbonyl (C=O) groups is 1. The van der Waals surface area contributed by atoms with Gasteiger partial charge in [-0.1, -0.05) is 25.8 Å². The van der Waals surface area contributed by atoms with Gasteiger partial charge in [-0.3, -0.25) is 9.59 Å². The van der Waals surface area contributed by atoms with Crippen molar-refractivity contribution in [2.24, 2.45) is 0 Å². The number of ether oxygens (including phenoxy) is 2. The Morgan fingerprint density at radius 3 is 2.54 bits per heavy atom. The lowest BCUT2D eigenvalue weighted by Gasteiger charge is -2.26. The minimum Gasteiger partial charge on any atom is -0.490 e. The predicted molar refractivity (Wildman–Crippen MR) is 141 cm³/mol. The molecule has 1 atom stereocenters. The summed E-state index contributed by atoms with van der Waals surface area (Å²) in [5.41, 5.74) is 0.733. The predicted octanol–water partition coefficient (Wildman–Crippen LogP) is 5.40. The van der Waals surface area contributed by atoms with Crippen LogP contribution in [-0.2, 0) is 0 Å². The van der Waals surface area contributed by atoms with Gasteiger partial charge in [-0.05, 0) is 76.3 Å². The van der Waals surface area contributed by atoms with Crippen LogP contribution in [0.1, 0.15) is 67.3 Å². The fourth-order valence-electron chi connectivity index (χ4n) is 4.74. The summed E-state index contributed by atoms with van der Waals surface area (Å²) in [6, 6.07) is 8.62. The van der Waals surface area contributed by atoms with Crippen molar-refractivity contribution in [3.63, 3.8) is 0 Å². The van der Waals surface area contributed by atoms with Gasteiger partial charge in [0.2, 0.25) is 5.76 Å². The van der Waals surface area contributed by atoms with E-state index in [1.54, 1.807) is 4.90 Å². The highest BCUT2D eigenvalue weighted by Crippen LogP contribution is 2.41. The zero-order valence-electron chi connectivity index (χ0n) is 22.0. The summed E-state index contributed by atoms with van der Waals surface area (Å²) in [7, 11) is 3.94. The van der Waals surface area contributed by atoms with E-state index in [2.05, 4.69) is 6.92 Å². The van der Waals surface area contributed by atoms with Crippen LogP contribution < -0.4 is 14.9 Å². The zero-order chi connectivity index (χ0) is 26.5. The van der Waals surface area contributed by atoms with Crippen LogP contribution in [0.2, 0.25) is 0 Å². The van der Waals surface area contributed by atoms with Crippen molar-refractivity contribution in [3.8, 4) is 11.5 Å². The van der Waals surface area contributed by atoms with Gasteiger partial charge in [0.25, 0.3) is 5.91 Å². The Labute approximate surface area is 216 Å². The summed E-state index contributed by atoms with van der Waals surface area (Å²) in [6.07, 6.45) is 3.83. The van der Waals surface area contributed by atoms with Gasteiger partial charge in [0.05, 0.1) is 30.2 Å². The summed E-state index contributed by atoms with van der Waals surface area (Å²) in [5, 5.41) is 0.118. The Bertz CT molecular complexity index is 1320. The third-order valence-corrected chi connectivity index (χ3v) is 6.52. The zero-order valence-corrected chi connectivity index (χ0v) is 22.0. The molecule has 1 aromatic heterocycles. The molecule has 3 aromatic rings. The molecule has 7 nitrogen and oxygen atoms in total. The monoisotopic (exact) mass is 510 g/mol. The molecule has 0 spiro atoms. The number of amides is 1. The third-order valence-electron chi connectivity index (χ3n) is 6.52. The number of hydrogen-bond donors (Lipinski definition) is 0. The van der Waals surface area contributed by atoms with Crippen molar-refractivity contribution in [3.05, 3.63) is 69.3 Å². The van der Waals surface area contributed by atoms with E-state index in [4.69, 9.17) is 13.9 Å². The van der Waals surface area contributed by atoms with Crippen LogP contribution in [0.4, 0.5) is 4.39 Å². The number of unbranched alkanes of at least 4 members (excludes halogenated alkanes) is 2. The van der Waals surface area contributed by atoms with Gasteiger partial charge >= 0.3 is 0 Å². The van der Waals surface area contributed by atoms with E-state index in [0.29, 0.717) is 43.2 Å². The van der Waals surface area contributed by atoms with Crippen LogP contribution in [0.25, 0.3) is 11.0 Å². The lowest BCUT2D eigenvalue weighted by Crippen LogP contribution is -2.32. The maximum Gasteiger partial charge on any atom is 0.290 e. The van der Waals surface area contributed by atoms with Crippen molar-refractivity contribution in [1.29, 1.82) is 0 Å². The van der Waals surface area contributed by atoms with Crippen LogP contribution in [0.5, 0.6) is 11.5 Å². The lowest BCUT2D eigenvalue weighted by molar-refractivity contribution is 0.0722. The molecule has 198 valence electrons. The van der Waals surface area contributed by atoms with Crippen molar-refractivity contribution < 1.29 is 23.1 Å². The van der Waals surface area contributed by atoms with Crippen LogP contribution in [-0.4, -0.2) is 56.1 Å². The van der Waals surface area contributed by atoms with Crippen LogP contribution in [0.15, 0.2) is 45.6 Å². The molecule has 0 N–H and O–H groups in total. The smallest absolute Gasteiger partial charge is 0.290 e. The average molecular weight is 511 g/mol. The second-order valence-electron chi connectivity index (χ2n) is 9.57. The summed E-state index contributed by atoms with van der Waals surface area (Å²) < 4.78 is 31.8. The number of hydrogen-bond acceptors (Lipinski definition) is 6. The molecule has 1 aliphatic rings. The van der Waals surface area contributed by atoms with E-state index in [9.17, 15) is 14.0 Å². The van der Waals surface area contributed by atoms with Gasteiger partial charge in [0.1, 0.15) is 11.4 Å². The second kappa shape index (κ2) is 11.8. The molecule has 2 aromatic carbocycles. The maximum absolute atomic E-state index is 14.0. The number of halogens is 1. The molecular formula is C29H35FN2O5. The minimum absolute atomic E-state index is 0.0109. The largest absolute Gasteiger partial charge is 0.490 e. The molecule has 4 rings (SSSR count). The fourth-order valence-corrected chi connectivity index (χ4v) is 4.74. The SMILES string of the molecule is CCCCCOc1ccc(C2c3c(oc4ccc(F)cc4c3=O)C(=O)N2CCCN(C)C)cc1OCC. The van der Waals surface area contributed by atoms with Gasteiger partial charge < -0.3 is 23.7 Å². The Kier molecular flexibility index (Phi) is 8.48. The van der Waals surface area contributed by atoms with E-state index >= 15 is 0 Å². The number of fused-ring (bicyclic) bond motifs is 2. The van der Waals surface area contributed by atoms with Crippen molar-refractivity contribution in [2.75, 3.05) is 40.4 Å². The molecule has 1 unspecified atom stereocenters. The lowest BCUT2D eigenvalue weighted by atomic mass is 9.98. The minimum atomic E-state index is -0.679. The Hall–Kier alpha value is -3.39. The fraction of sp³-hybridized carbons (Fsp3) is 0.448. The summed E-state index contributed by atoms with van der Waals surface area (Å²) in [4.78, 5) is 30.9. The van der Waals surface area contributed by atoms with Crippen molar-refractivity contribution in [2.45, 2.75) is 45.6 Å². The molecule has 1 aliphatic heterocycles. The van der Waals surface area contributed by atoms with E-state index in [0.717, 1.165) is 31.9 Å². The van der Waals surface area contributed by atoms with Crippen molar-refractivity contribution >= 4 is 16.9 Å². The standard InChI is InChI=1S/C29H35FN2O5/c1-5-7-8-16-36-23-12-10-19(17-24(23)35-6-2)26-25-27(33)21-18-20(30)11-13-22(21)37-28(25)29(34)32(26)15-9-14-31(3)4/h10-13,17-18,26H,5-9,14-16H2,1-4H3. The Balaban J connectivity index is 1.80. The second-order valence-corrected chi connectivity index (χ2v) is 9.57. The third kappa shape index (κ3) is 5.64. The molecule has 0 radical (unpaired) electrons. The van der Waals surface area contributed by atoms with Crippen molar-refractivity contribution in [1.82, 2.24) is 9.80 Å². The van der Waals surface area contributed by atoms with Crippen LogP contribution in [0.3, 0.4) is 0 Å². The van der Waals surface area contributed by atoms with E-state index in [1.165, 1.54) is 12.1 Å². The topological polar surface area (TPSA) is 72.2 Å². The quantitative estimate of drug-likeness (QED) is 0.304. The maximum atomic E-state index is 14.0. The van der Waals surface area contributed by atoms with E-state index < -0.39 is 17.3 Å². The number of carbonyl (C=O) groups excluding carboxylic acids is 1. The highest BCUT2D eigenvalue weighted by molar-refractivity contribution is 5.99. The normalized spacial score (nSPS) is 15.0. The molecule has 37 heavy (non-hydrogen) atoms. The van der Waals surface area contributed by atoms with Crippen LogP contribution >= 0.6 is 0 Å². The first-order valence-corrected chi connectivity index (χ1v) is 13.0. The van der Waals surface area contributed by atoms with Gasteiger partial charge in [0, 0.05) is 6.54 Å². The van der Waals surface area contributed by atoms with Gasteiger partial charge in [-0.25, -0.2) is 4.39 Å². The first kappa shape index (κ1) is 26.7. The number of benzene rings is 2. The molecule has 1 amide bonds. The van der Waals surface area contributed by atoms with Gasteiger partial charge in [0.15, 0.2) is 16.9 Å². The molecule has 0 saturated carbocycles. The molecule has 0 saturated heterocycles. The van der Waals surface area contributed by atoms with Crippen LogP contribution in [0, 0.1) is 5.82 Å². The van der Waals surface area contributed by atoms with Gasteiger partial charge in [-0.2, -0.15) is 0 Å². The first-order chi connectivity index (χ1) is 17.8. The highest BCUT2D eigenvalue weighted by atomic mass is 19.1. The molecule has 0 fully saturated rings.